The number of nitriles is 1. The molecule has 6 atom stereocenters. The fourth-order valence-corrected chi connectivity index (χ4v) is 8.02. The van der Waals surface area contributed by atoms with Crippen LogP contribution in [-0.2, 0) is 17.1 Å². The van der Waals surface area contributed by atoms with Crippen molar-refractivity contribution in [2.24, 2.45) is 17.8 Å². The number of allylic oxidation sites excluding steroid dienone is 2. The SMILES string of the molecule is CC(C)N(C(C)C)P(O)OCCC#N.CC(C)N(C)C(C)C.O=c1[nH]c(=O)n(C2CCC(COI)O2)cc1C#CCCCOCC1CC2C=CC1C2. The van der Waals surface area contributed by atoms with Crippen LogP contribution in [0.2, 0.25) is 0 Å². The van der Waals surface area contributed by atoms with Crippen LogP contribution in [0.4, 0.5) is 0 Å². The van der Waals surface area contributed by atoms with Gasteiger partial charge in [-0.2, -0.15) is 5.26 Å². The summed E-state index contributed by atoms with van der Waals surface area (Å²) in [6, 6.07) is 3.82. The maximum Gasteiger partial charge on any atom is 0.330 e. The monoisotopic (exact) mass is 859 g/mol. The molecule has 1 aromatic heterocycles. The summed E-state index contributed by atoms with van der Waals surface area (Å²) in [5, 5.41) is 8.32. The third-order valence-corrected chi connectivity index (χ3v) is 11.6. The highest BCUT2D eigenvalue weighted by atomic mass is 127. The third kappa shape index (κ3) is 16.0. The van der Waals surface area contributed by atoms with E-state index in [1.165, 1.54) is 23.6 Å². The molecule has 6 unspecified atom stereocenters. The average molecular weight is 860 g/mol. The molecular weight excluding hydrogens is 796 g/mol. The van der Waals surface area contributed by atoms with E-state index in [4.69, 9.17) is 22.3 Å². The van der Waals surface area contributed by atoms with E-state index >= 15 is 0 Å². The van der Waals surface area contributed by atoms with Gasteiger partial charge in [-0.05, 0) is 112 Å². The van der Waals surface area contributed by atoms with Crippen molar-refractivity contribution < 1.29 is 22.0 Å². The van der Waals surface area contributed by atoms with Gasteiger partial charge in [0.15, 0.2) is 0 Å². The standard InChI is InChI=1S/C22H27IN2O5.C9H19N2O2P.C7H17N/c23-29-14-19-7-8-20(30-19)25-12-17(21(26)24-22(25)27)4-2-1-3-9-28-13-18-11-15-5-6-16(18)10-15;1-8(2)11(9(3)4)14(12)13-7-5-6-10;1-6(2)8(5)7(3)4/h5-6,12,15-16,18-20H,1,3,7-11,13-14H2,(H,24,26,27);8-9,12H,5,7H2,1-4H3;6-7H,1-5H3. The Morgan fingerprint density at radius 2 is 1.71 bits per heavy atom. The maximum absolute atomic E-state index is 12.2. The number of ether oxygens (including phenoxy) is 2. The summed E-state index contributed by atoms with van der Waals surface area (Å²) < 4.78 is 25.3. The Hall–Kier alpha value is -1.65. The highest BCUT2D eigenvalue weighted by Crippen LogP contribution is 2.43. The first kappa shape index (κ1) is 46.5. The van der Waals surface area contributed by atoms with Crippen LogP contribution in [-0.4, -0.2) is 87.8 Å². The molecule has 12 nitrogen and oxygen atoms in total. The third-order valence-electron chi connectivity index (χ3n) is 9.48. The van der Waals surface area contributed by atoms with Crippen LogP contribution in [0, 0.1) is 40.9 Å². The van der Waals surface area contributed by atoms with Crippen LogP contribution >= 0.6 is 31.5 Å². The number of H-pyrrole nitrogens is 1. The summed E-state index contributed by atoms with van der Waals surface area (Å²) in [7, 11) is 0.596. The van der Waals surface area contributed by atoms with Gasteiger partial charge in [0.25, 0.3) is 14.1 Å². The number of hydrogen-bond acceptors (Lipinski definition) is 10. The van der Waals surface area contributed by atoms with Crippen molar-refractivity contribution in [1.29, 1.82) is 5.26 Å². The van der Waals surface area contributed by atoms with Gasteiger partial charge in [-0.25, -0.2) is 9.46 Å². The smallest absolute Gasteiger partial charge is 0.330 e. The second-order valence-electron chi connectivity index (χ2n) is 14.7. The van der Waals surface area contributed by atoms with E-state index in [9.17, 15) is 14.5 Å². The number of halogens is 1. The van der Waals surface area contributed by atoms with Crippen LogP contribution in [0.3, 0.4) is 0 Å². The summed E-state index contributed by atoms with van der Waals surface area (Å²) >= 11 is 1.83. The number of fused-ring (bicyclic) bond motifs is 2. The number of nitrogens with one attached hydrogen (secondary N) is 1. The van der Waals surface area contributed by atoms with E-state index < -0.39 is 26.0 Å². The molecule has 0 radical (unpaired) electrons. The van der Waals surface area contributed by atoms with Crippen molar-refractivity contribution in [3.8, 4) is 17.9 Å². The number of aromatic amines is 1. The van der Waals surface area contributed by atoms with Crippen molar-refractivity contribution in [3.63, 3.8) is 0 Å². The quantitative estimate of drug-likeness (QED) is 0.0591. The number of aromatic nitrogens is 2. The number of rotatable bonds is 16. The first-order chi connectivity index (χ1) is 24.7. The van der Waals surface area contributed by atoms with Crippen molar-refractivity contribution in [2.45, 2.75) is 137 Å². The Labute approximate surface area is 327 Å². The number of unbranched alkanes of at least 4 members (excludes halogenated alkanes) is 1. The lowest BCUT2D eigenvalue weighted by atomic mass is 9.95. The van der Waals surface area contributed by atoms with Gasteiger partial charge in [-0.3, -0.25) is 14.3 Å². The average Bonchev–Trinajstić information content (AvgIpc) is 3.84. The van der Waals surface area contributed by atoms with Crippen molar-refractivity contribution in [2.75, 3.05) is 33.5 Å². The zero-order valence-electron chi connectivity index (χ0n) is 32.7. The van der Waals surface area contributed by atoms with Gasteiger partial charge < -0.3 is 26.9 Å². The number of hydrogen-bond donors (Lipinski definition) is 2. The molecule has 2 N–H and O–H groups in total. The summed E-state index contributed by atoms with van der Waals surface area (Å²) in [6.45, 7) is 19.2. The summed E-state index contributed by atoms with van der Waals surface area (Å²) in [4.78, 5) is 38.7. The largest absolute Gasteiger partial charge is 0.381 e. The maximum atomic E-state index is 12.2. The molecule has 1 saturated heterocycles. The van der Waals surface area contributed by atoms with Crippen LogP contribution in [0.5, 0.6) is 0 Å². The van der Waals surface area contributed by atoms with Gasteiger partial charge in [0.1, 0.15) is 34.8 Å². The fourth-order valence-electron chi connectivity index (χ4n) is 6.44. The van der Waals surface area contributed by atoms with Crippen molar-refractivity contribution >= 4 is 31.5 Å². The predicted molar refractivity (Wildman–Crippen MR) is 216 cm³/mol. The second-order valence-corrected chi connectivity index (χ2v) is 16.6. The van der Waals surface area contributed by atoms with Gasteiger partial charge in [0.05, 0.1) is 31.8 Å². The Bertz CT molecular complexity index is 1420. The minimum Gasteiger partial charge on any atom is -0.381 e. The molecule has 0 amide bonds. The molecule has 14 heteroatoms. The molecule has 294 valence electrons. The van der Waals surface area contributed by atoms with E-state index in [0.29, 0.717) is 63.0 Å². The zero-order chi connectivity index (χ0) is 38.8. The molecule has 2 heterocycles. The van der Waals surface area contributed by atoms with E-state index in [-0.39, 0.29) is 23.8 Å². The Balaban J connectivity index is 0.000000354. The van der Waals surface area contributed by atoms with Crippen LogP contribution in [0.1, 0.15) is 112 Å². The molecule has 3 aliphatic rings. The Kier molecular flexibility index (Phi) is 22.1. The lowest BCUT2D eigenvalue weighted by Gasteiger charge is -2.32. The molecule has 2 aliphatic carbocycles. The van der Waals surface area contributed by atoms with Crippen LogP contribution < -0.4 is 11.2 Å². The van der Waals surface area contributed by atoms with Gasteiger partial charge in [0, 0.05) is 50.0 Å². The highest BCUT2D eigenvalue weighted by molar-refractivity contribution is 14.1. The predicted octanol–water partition coefficient (Wildman–Crippen LogP) is 6.93. The molecule has 2 fully saturated rings. The minimum atomic E-state index is -1.55. The highest BCUT2D eigenvalue weighted by Gasteiger charge is 2.35. The normalized spacial score (nSPS) is 22.4. The first-order valence-electron chi connectivity index (χ1n) is 18.7. The zero-order valence-corrected chi connectivity index (χ0v) is 35.8. The Morgan fingerprint density at radius 3 is 2.25 bits per heavy atom. The summed E-state index contributed by atoms with van der Waals surface area (Å²) in [6.07, 6.45) is 11.6. The van der Waals surface area contributed by atoms with Gasteiger partial charge in [0.2, 0.25) is 0 Å². The first-order valence-corrected chi connectivity index (χ1v) is 20.7. The molecular formula is C38H63IN5O7P. The lowest BCUT2D eigenvalue weighted by Crippen LogP contribution is -2.33. The molecule has 0 aromatic carbocycles. The molecule has 52 heavy (non-hydrogen) atoms. The topological polar surface area (TPSA) is 142 Å². The molecule has 1 aromatic rings. The van der Waals surface area contributed by atoms with Crippen molar-refractivity contribution in [3.05, 3.63) is 44.8 Å². The molecule has 1 aliphatic heterocycles. The molecule has 2 bridgehead atoms. The fraction of sp³-hybridized carbons (Fsp3) is 0.763. The van der Waals surface area contributed by atoms with E-state index in [2.05, 4.69) is 68.6 Å². The number of nitrogens with zero attached hydrogens (tertiary/aromatic N) is 4. The van der Waals surface area contributed by atoms with Crippen LogP contribution in [0.25, 0.3) is 0 Å². The summed E-state index contributed by atoms with van der Waals surface area (Å²) in [5.41, 5.74) is -0.661. The lowest BCUT2D eigenvalue weighted by molar-refractivity contribution is -0.0140. The summed E-state index contributed by atoms with van der Waals surface area (Å²) in [5.74, 6) is 8.08. The van der Waals surface area contributed by atoms with Gasteiger partial charge in [-0.1, -0.05) is 24.0 Å². The Morgan fingerprint density at radius 1 is 1.02 bits per heavy atom. The molecule has 4 rings (SSSR count). The van der Waals surface area contributed by atoms with Crippen LogP contribution in [0.15, 0.2) is 27.9 Å². The minimum absolute atomic E-state index is 0.0457. The molecule has 1 saturated carbocycles. The van der Waals surface area contributed by atoms with Gasteiger partial charge in [-0.15, -0.1) is 0 Å². The van der Waals surface area contributed by atoms with E-state index in [0.717, 1.165) is 25.4 Å². The molecule has 0 spiro atoms. The van der Waals surface area contributed by atoms with E-state index in [1.807, 2.05) is 61.4 Å². The van der Waals surface area contributed by atoms with E-state index in [1.54, 1.807) is 0 Å². The van der Waals surface area contributed by atoms with Gasteiger partial charge >= 0.3 is 5.69 Å². The van der Waals surface area contributed by atoms with Crippen molar-refractivity contribution in [1.82, 2.24) is 19.1 Å². The second kappa shape index (κ2) is 24.7.